The van der Waals surface area contributed by atoms with Crippen LogP contribution in [0.2, 0.25) is 0 Å². The van der Waals surface area contributed by atoms with Crippen molar-refractivity contribution in [3.8, 4) is 23.0 Å². The van der Waals surface area contributed by atoms with Gasteiger partial charge in [0.1, 0.15) is 49.4 Å². The fourth-order valence-corrected chi connectivity index (χ4v) is 10.5. The van der Waals surface area contributed by atoms with Gasteiger partial charge in [-0.25, -0.2) is 0 Å². The van der Waals surface area contributed by atoms with E-state index in [9.17, 15) is 16.8 Å². The second kappa shape index (κ2) is 26.4. The molecule has 8 aromatic rings. The number of fused-ring (bicyclic) bond motifs is 8. The zero-order chi connectivity index (χ0) is 55.2. The van der Waals surface area contributed by atoms with Crippen LogP contribution in [0.15, 0.2) is 146 Å². The summed E-state index contributed by atoms with van der Waals surface area (Å²) in [6, 6.07) is 48.8. The van der Waals surface area contributed by atoms with Crippen molar-refractivity contribution in [2.24, 2.45) is 0 Å². The number of nitrogens with one attached hydrogen (secondary N) is 4. The van der Waals surface area contributed by atoms with Crippen LogP contribution in [-0.2, 0) is 28.6 Å². The molecule has 0 atom stereocenters. The Morgan fingerprint density at radius 3 is 0.899 bits per heavy atom. The molecule has 14 nitrogen and oxygen atoms in total. The maximum absolute atomic E-state index is 11.6. The van der Waals surface area contributed by atoms with E-state index in [1.807, 2.05) is 72.8 Å². The molecule has 1 aliphatic rings. The summed E-state index contributed by atoms with van der Waals surface area (Å²) in [5.74, 6) is 2.74. The molecule has 4 aromatic heterocycles. The summed E-state index contributed by atoms with van der Waals surface area (Å²) in [4.78, 5) is 15.4. The lowest BCUT2D eigenvalue weighted by Crippen LogP contribution is -2.19. The first-order valence-electron chi connectivity index (χ1n) is 27.2. The minimum Gasteiger partial charge on any atom is -0.494 e. The lowest BCUT2D eigenvalue weighted by molar-refractivity contribution is 0.222. The van der Waals surface area contributed by atoms with Gasteiger partial charge in [-0.1, -0.05) is 107 Å². The summed E-state index contributed by atoms with van der Waals surface area (Å²) in [6.07, 6.45) is 12.8. The van der Waals surface area contributed by atoms with Crippen LogP contribution < -0.4 is 40.3 Å². The topological polar surface area (TPSA) is 187 Å². The van der Waals surface area contributed by atoms with Crippen molar-refractivity contribution in [1.29, 1.82) is 0 Å². The lowest BCUT2D eigenvalue weighted by atomic mass is 10.0. The number of aromatic amines is 4. The maximum Gasteiger partial charge on any atom is 0.264 e. The highest BCUT2D eigenvalue weighted by molar-refractivity contribution is 7.86. The molecule has 4 N–H and O–H groups in total. The quantitative estimate of drug-likeness (QED) is 0.0286. The minimum atomic E-state index is -3.60. The fraction of sp³-hybridized carbons (Fsp3) is 0.302. The molecule has 79 heavy (non-hydrogen) atoms. The number of aromatic nitrogens is 4. The lowest BCUT2D eigenvalue weighted by Gasteiger charge is -2.12. The molecule has 4 aromatic carbocycles. The highest BCUT2D eigenvalue weighted by Crippen LogP contribution is 2.30. The largest absolute Gasteiger partial charge is 0.494 e. The van der Waals surface area contributed by atoms with Crippen molar-refractivity contribution in [1.82, 2.24) is 19.9 Å². The van der Waals surface area contributed by atoms with Gasteiger partial charge in [0.15, 0.2) is 0 Å². The molecule has 0 fully saturated rings. The van der Waals surface area contributed by atoms with E-state index in [0.717, 1.165) is 132 Å². The maximum atomic E-state index is 11.6. The van der Waals surface area contributed by atoms with Gasteiger partial charge in [-0.15, -0.1) is 0 Å². The summed E-state index contributed by atoms with van der Waals surface area (Å²) >= 11 is 0. The molecule has 5 heterocycles. The van der Waals surface area contributed by atoms with Crippen LogP contribution in [-0.4, -0.2) is 88.9 Å². The second-order valence-corrected chi connectivity index (χ2v) is 22.9. The van der Waals surface area contributed by atoms with Gasteiger partial charge < -0.3 is 38.9 Å². The van der Waals surface area contributed by atoms with E-state index in [1.165, 1.54) is 38.5 Å². The molecule has 0 radical (unpaired) electrons. The van der Waals surface area contributed by atoms with Gasteiger partial charge in [0, 0.05) is 66.5 Å². The van der Waals surface area contributed by atoms with E-state index in [0.29, 0.717) is 24.7 Å². The predicted octanol–water partition coefficient (Wildman–Crippen LogP) is 9.32. The number of rotatable bonds is 27. The Morgan fingerprint density at radius 2 is 0.595 bits per heavy atom. The number of unbranched alkanes of at least 4 members (excludes halogenated alkanes) is 7. The highest BCUT2D eigenvalue weighted by atomic mass is 32.2. The predicted molar refractivity (Wildman–Crippen MR) is 310 cm³/mol. The summed E-state index contributed by atoms with van der Waals surface area (Å²) in [6.45, 7) is 5.54. The number of hydrogen-bond donors (Lipinski definition) is 4. The van der Waals surface area contributed by atoms with Crippen LogP contribution in [0.1, 0.15) is 117 Å². The van der Waals surface area contributed by atoms with Crippen molar-refractivity contribution in [2.45, 2.75) is 71.6 Å². The molecular formula is C63H70N4O10S2. The van der Waals surface area contributed by atoms with E-state index >= 15 is 0 Å². The van der Waals surface area contributed by atoms with Crippen molar-refractivity contribution in [3.05, 3.63) is 212 Å². The third kappa shape index (κ3) is 15.2. The standard InChI is InChI=1S/C63H70N4O10S2/c1-5-7-8-9-10-11-12-13-39-73-49-24-16-45(17-25-49)61-54-32-36-58(66-54)62(46-18-26-50(27-19-46)74-40-42-76-78(3,68)69)56-34-30-52(64-56)60(44-14-22-48(23-15-44)72-38-6-2)53-31-35-57(65-53)63(59-37-33-55(61)67-59)47-20-28-51(29-21-47)75-41-43-77-79(4,70)71/h14-37,64-67H,5-13,38-43H2,1-4H3. The van der Waals surface area contributed by atoms with E-state index in [4.69, 9.17) is 27.3 Å². The Morgan fingerprint density at radius 1 is 0.304 bits per heavy atom. The van der Waals surface area contributed by atoms with Crippen LogP contribution in [0.25, 0.3) is 22.3 Å². The third-order valence-electron chi connectivity index (χ3n) is 13.5. The molecule has 0 amide bonds. The monoisotopic (exact) mass is 1110 g/mol. The summed E-state index contributed by atoms with van der Waals surface area (Å²) in [5, 5.41) is 3.46. The minimum absolute atomic E-state index is 0.0618. The normalized spacial score (nSPS) is 12.8. The Balaban J connectivity index is 1.18. The average Bonchev–Trinajstić information content (AvgIpc) is 4.41. The van der Waals surface area contributed by atoms with Crippen LogP contribution in [0.4, 0.5) is 0 Å². The molecule has 1 aliphatic heterocycles. The van der Waals surface area contributed by atoms with Crippen LogP contribution >= 0.6 is 0 Å². The van der Waals surface area contributed by atoms with Gasteiger partial charge in [0.2, 0.25) is 0 Å². The van der Waals surface area contributed by atoms with Gasteiger partial charge in [-0.05, 0) is 132 Å². The smallest absolute Gasteiger partial charge is 0.264 e. The van der Waals surface area contributed by atoms with Crippen molar-refractivity contribution >= 4 is 42.5 Å². The summed E-state index contributed by atoms with van der Waals surface area (Å²) in [5.41, 5.74) is 10.9. The molecular weight excluding hydrogens is 1040 g/mol. The SMILES string of the molecule is CCCCCCCCCCOc1ccc(C2=c3ccc([nH]3)=C(c3ccc(OCCOS(C)(=O)=O)cc3)c3ccc([nH]3)C(c3ccc(OCCC)cc3)=c3ccc([nH]3)=C(c3ccc(OCCOS(C)(=O)=O)cc3)c3ccc2[nH]3)cc1. The van der Waals surface area contributed by atoms with Gasteiger partial charge in [0.25, 0.3) is 20.2 Å². The van der Waals surface area contributed by atoms with Crippen molar-refractivity contribution in [3.63, 3.8) is 0 Å². The number of H-pyrrole nitrogens is 4. The molecule has 0 saturated heterocycles. The van der Waals surface area contributed by atoms with E-state index < -0.39 is 20.2 Å². The Hall–Kier alpha value is -7.50. The van der Waals surface area contributed by atoms with Gasteiger partial charge >= 0.3 is 0 Å². The van der Waals surface area contributed by atoms with Crippen molar-refractivity contribution in [2.75, 3.05) is 52.2 Å². The molecule has 0 spiro atoms. The number of hydrogen-bond acceptors (Lipinski definition) is 10. The first-order valence-corrected chi connectivity index (χ1v) is 30.8. The average molecular weight is 1110 g/mol. The molecule has 9 rings (SSSR count). The fourth-order valence-electron chi connectivity index (χ4n) is 9.78. The van der Waals surface area contributed by atoms with Gasteiger partial charge in [0.05, 0.1) is 25.7 Å². The van der Waals surface area contributed by atoms with E-state index in [2.05, 4.69) is 107 Å². The molecule has 8 bridgehead atoms. The van der Waals surface area contributed by atoms with Crippen LogP contribution in [0, 0.1) is 0 Å². The second-order valence-electron chi connectivity index (χ2n) is 19.7. The number of benzene rings is 4. The Bertz CT molecular complexity index is 3780. The zero-order valence-electron chi connectivity index (χ0n) is 45.4. The third-order valence-corrected chi connectivity index (χ3v) is 14.7. The molecule has 0 unspecified atom stereocenters. The van der Waals surface area contributed by atoms with E-state index in [-0.39, 0.29) is 26.4 Å². The molecule has 16 heteroatoms. The zero-order valence-corrected chi connectivity index (χ0v) is 47.0. The highest BCUT2D eigenvalue weighted by Gasteiger charge is 2.19. The first kappa shape index (κ1) is 56.2. The van der Waals surface area contributed by atoms with Crippen LogP contribution in [0.3, 0.4) is 0 Å². The molecule has 414 valence electrons. The molecule has 0 saturated carbocycles. The van der Waals surface area contributed by atoms with Crippen molar-refractivity contribution < 1.29 is 44.1 Å². The Kier molecular flexibility index (Phi) is 18.8. The van der Waals surface area contributed by atoms with E-state index in [1.54, 1.807) is 0 Å². The van der Waals surface area contributed by atoms with Gasteiger partial charge in [-0.3, -0.25) is 8.37 Å². The van der Waals surface area contributed by atoms with Crippen LogP contribution in [0.5, 0.6) is 23.0 Å². The summed E-state index contributed by atoms with van der Waals surface area (Å²) < 4.78 is 80.3. The Labute approximate surface area is 463 Å². The van der Waals surface area contributed by atoms with Gasteiger partial charge in [-0.2, -0.15) is 16.8 Å². The number of ether oxygens (including phenoxy) is 4. The summed E-state index contributed by atoms with van der Waals surface area (Å²) in [7, 11) is -7.20. The molecule has 0 aliphatic carbocycles. The first-order chi connectivity index (χ1) is 38.3.